The van der Waals surface area contributed by atoms with Gasteiger partial charge in [0.15, 0.2) is 0 Å². The van der Waals surface area contributed by atoms with E-state index in [4.69, 9.17) is 10.5 Å². The van der Waals surface area contributed by atoms with Gasteiger partial charge in [-0.3, -0.25) is 14.4 Å². The first-order chi connectivity index (χ1) is 16.0. The second-order valence-electron chi connectivity index (χ2n) is 8.64. The molecule has 1 aliphatic heterocycles. The van der Waals surface area contributed by atoms with Crippen LogP contribution in [0.2, 0.25) is 0 Å². The fourth-order valence-corrected chi connectivity index (χ4v) is 4.66. The minimum absolute atomic E-state index is 0.0583. The van der Waals surface area contributed by atoms with E-state index < -0.39 is 6.04 Å². The molecule has 1 saturated carbocycles. The summed E-state index contributed by atoms with van der Waals surface area (Å²) in [6.45, 7) is -0.126. The molecule has 0 radical (unpaired) electrons. The lowest BCUT2D eigenvalue weighted by atomic mass is 9.91. The predicted octanol–water partition coefficient (Wildman–Crippen LogP) is 2.75. The van der Waals surface area contributed by atoms with E-state index >= 15 is 0 Å². The van der Waals surface area contributed by atoms with E-state index in [2.05, 4.69) is 10.6 Å². The Bertz CT molecular complexity index is 1030. The third kappa shape index (κ3) is 5.07. The van der Waals surface area contributed by atoms with Gasteiger partial charge in [0.1, 0.15) is 6.61 Å². The summed E-state index contributed by atoms with van der Waals surface area (Å²) >= 11 is 0. The third-order valence-corrected chi connectivity index (χ3v) is 6.34. The van der Waals surface area contributed by atoms with Crippen LogP contribution in [0.3, 0.4) is 0 Å². The molecule has 0 aromatic heterocycles. The fourth-order valence-electron chi connectivity index (χ4n) is 4.66. The molecular formula is C25H30N4O4. The zero-order valence-corrected chi connectivity index (χ0v) is 18.8. The van der Waals surface area contributed by atoms with Gasteiger partial charge in [0.2, 0.25) is 5.91 Å². The number of ether oxygens (including phenoxy) is 1. The van der Waals surface area contributed by atoms with Gasteiger partial charge in [-0.15, -0.1) is 0 Å². The lowest BCUT2D eigenvalue weighted by Gasteiger charge is -2.31. The highest BCUT2D eigenvalue weighted by molar-refractivity contribution is 6.07. The van der Waals surface area contributed by atoms with Crippen LogP contribution in [-0.4, -0.2) is 43.5 Å². The summed E-state index contributed by atoms with van der Waals surface area (Å²) in [6, 6.07) is 13.8. The SMILES string of the molecule is COCC(=O)N1c2ccc(C(=O)NC3CCCCC3N)cc2NC(=O)CC1c1ccccc1. The molecule has 3 unspecified atom stereocenters. The maximum atomic E-state index is 13.1. The van der Waals surface area contributed by atoms with Crippen LogP contribution in [0.15, 0.2) is 48.5 Å². The Morgan fingerprint density at radius 1 is 1.15 bits per heavy atom. The molecule has 4 rings (SSSR count). The van der Waals surface area contributed by atoms with Crippen molar-refractivity contribution in [3.8, 4) is 0 Å². The van der Waals surface area contributed by atoms with Crippen molar-refractivity contribution >= 4 is 29.1 Å². The molecule has 2 aromatic rings. The Morgan fingerprint density at radius 3 is 2.64 bits per heavy atom. The molecule has 2 aromatic carbocycles. The molecule has 33 heavy (non-hydrogen) atoms. The number of rotatable bonds is 5. The van der Waals surface area contributed by atoms with E-state index in [1.807, 2.05) is 30.3 Å². The van der Waals surface area contributed by atoms with E-state index in [0.717, 1.165) is 31.2 Å². The van der Waals surface area contributed by atoms with Gasteiger partial charge < -0.3 is 26.0 Å². The second-order valence-corrected chi connectivity index (χ2v) is 8.64. The van der Waals surface area contributed by atoms with E-state index in [0.29, 0.717) is 16.9 Å². The van der Waals surface area contributed by atoms with Crippen LogP contribution in [0.1, 0.15) is 54.1 Å². The highest BCUT2D eigenvalue weighted by Gasteiger charge is 2.34. The molecule has 0 saturated heterocycles. The number of anilines is 2. The summed E-state index contributed by atoms with van der Waals surface area (Å²) in [5.74, 6) is -0.743. The number of methoxy groups -OCH3 is 1. The van der Waals surface area contributed by atoms with Crippen molar-refractivity contribution in [1.82, 2.24) is 5.32 Å². The fraction of sp³-hybridized carbons (Fsp3) is 0.400. The zero-order valence-electron chi connectivity index (χ0n) is 18.8. The van der Waals surface area contributed by atoms with Crippen LogP contribution >= 0.6 is 0 Å². The summed E-state index contributed by atoms with van der Waals surface area (Å²) in [5, 5.41) is 5.91. The first-order valence-corrected chi connectivity index (χ1v) is 11.3. The summed E-state index contributed by atoms with van der Waals surface area (Å²) in [6.07, 6.45) is 3.95. The van der Waals surface area contributed by atoms with Gasteiger partial charge in [-0.1, -0.05) is 43.2 Å². The number of carbonyl (C=O) groups excluding carboxylic acids is 3. The van der Waals surface area contributed by atoms with Crippen molar-refractivity contribution < 1.29 is 19.1 Å². The van der Waals surface area contributed by atoms with Gasteiger partial charge in [0, 0.05) is 24.8 Å². The molecule has 1 heterocycles. The lowest BCUT2D eigenvalue weighted by molar-refractivity contribution is -0.122. The van der Waals surface area contributed by atoms with Crippen molar-refractivity contribution in [3.63, 3.8) is 0 Å². The van der Waals surface area contributed by atoms with Gasteiger partial charge in [0.25, 0.3) is 11.8 Å². The largest absolute Gasteiger partial charge is 0.375 e. The molecule has 3 atom stereocenters. The minimum atomic E-state index is -0.491. The number of nitrogens with two attached hydrogens (primary N) is 1. The number of hydrogen-bond acceptors (Lipinski definition) is 5. The van der Waals surface area contributed by atoms with Crippen LogP contribution in [-0.2, 0) is 14.3 Å². The van der Waals surface area contributed by atoms with Crippen LogP contribution in [0.25, 0.3) is 0 Å². The summed E-state index contributed by atoms with van der Waals surface area (Å²) < 4.78 is 5.11. The highest BCUT2D eigenvalue weighted by Crippen LogP contribution is 2.38. The molecule has 2 aliphatic rings. The van der Waals surface area contributed by atoms with E-state index in [1.165, 1.54) is 7.11 Å². The number of benzene rings is 2. The van der Waals surface area contributed by atoms with Crippen LogP contribution < -0.4 is 21.3 Å². The van der Waals surface area contributed by atoms with Crippen molar-refractivity contribution in [2.24, 2.45) is 5.73 Å². The van der Waals surface area contributed by atoms with Crippen molar-refractivity contribution in [2.45, 2.75) is 50.2 Å². The topological polar surface area (TPSA) is 114 Å². The van der Waals surface area contributed by atoms with Gasteiger partial charge in [-0.2, -0.15) is 0 Å². The molecule has 1 aliphatic carbocycles. The lowest BCUT2D eigenvalue weighted by Crippen LogP contribution is -2.49. The standard InChI is InChI=1S/C25H30N4O4/c1-33-15-24(31)29-21-12-11-17(25(32)28-19-10-6-5-9-18(19)26)13-20(21)27-23(30)14-22(29)16-7-3-2-4-8-16/h2-4,7-8,11-13,18-19,22H,5-6,9-10,14-15,26H2,1H3,(H,27,30)(H,28,32). The molecule has 8 nitrogen and oxygen atoms in total. The number of nitrogens with zero attached hydrogens (tertiary/aromatic N) is 1. The van der Waals surface area contributed by atoms with E-state index in [9.17, 15) is 14.4 Å². The van der Waals surface area contributed by atoms with Crippen LogP contribution in [0.4, 0.5) is 11.4 Å². The quantitative estimate of drug-likeness (QED) is 0.648. The number of amides is 3. The summed E-state index contributed by atoms with van der Waals surface area (Å²) in [4.78, 5) is 40.4. The van der Waals surface area contributed by atoms with E-state index in [1.54, 1.807) is 23.1 Å². The van der Waals surface area contributed by atoms with Crippen molar-refractivity contribution in [1.29, 1.82) is 0 Å². The molecular weight excluding hydrogens is 420 g/mol. The van der Waals surface area contributed by atoms with Gasteiger partial charge in [0.05, 0.1) is 23.8 Å². The van der Waals surface area contributed by atoms with E-state index in [-0.39, 0.29) is 42.8 Å². The van der Waals surface area contributed by atoms with Crippen molar-refractivity contribution in [3.05, 3.63) is 59.7 Å². The first-order valence-electron chi connectivity index (χ1n) is 11.3. The molecule has 0 bridgehead atoms. The van der Waals surface area contributed by atoms with Crippen LogP contribution in [0.5, 0.6) is 0 Å². The van der Waals surface area contributed by atoms with Gasteiger partial charge >= 0.3 is 0 Å². The summed E-state index contributed by atoms with van der Waals surface area (Å²) in [7, 11) is 1.46. The molecule has 3 amide bonds. The maximum Gasteiger partial charge on any atom is 0.253 e. The maximum absolute atomic E-state index is 13.1. The Hall–Kier alpha value is -3.23. The van der Waals surface area contributed by atoms with Gasteiger partial charge in [-0.25, -0.2) is 0 Å². The Balaban J connectivity index is 1.68. The first kappa shape index (κ1) is 22.9. The number of hydrogen-bond donors (Lipinski definition) is 3. The number of fused-ring (bicyclic) bond motifs is 1. The Kier molecular flexibility index (Phi) is 7.05. The van der Waals surface area contributed by atoms with Gasteiger partial charge in [-0.05, 0) is 36.6 Å². The molecule has 4 N–H and O–H groups in total. The monoisotopic (exact) mass is 450 g/mol. The predicted molar refractivity (Wildman–Crippen MR) is 126 cm³/mol. The van der Waals surface area contributed by atoms with Crippen LogP contribution in [0, 0.1) is 0 Å². The van der Waals surface area contributed by atoms with Crippen molar-refractivity contribution in [2.75, 3.05) is 23.9 Å². The Labute approximate surface area is 193 Å². The molecule has 8 heteroatoms. The number of carbonyl (C=O) groups is 3. The zero-order chi connectivity index (χ0) is 23.4. The molecule has 0 spiro atoms. The normalized spacial score (nSPS) is 22.7. The molecule has 174 valence electrons. The average molecular weight is 451 g/mol. The minimum Gasteiger partial charge on any atom is -0.375 e. The second kappa shape index (κ2) is 10.1. The highest BCUT2D eigenvalue weighted by atomic mass is 16.5. The average Bonchev–Trinajstić information content (AvgIpc) is 2.96. The third-order valence-electron chi connectivity index (χ3n) is 6.34. The summed E-state index contributed by atoms with van der Waals surface area (Å²) in [5.41, 5.74) is 8.38. The number of nitrogens with one attached hydrogen (secondary N) is 2. The smallest absolute Gasteiger partial charge is 0.253 e. The molecule has 1 fully saturated rings. The Morgan fingerprint density at radius 2 is 1.91 bits per heavy atom.